The molecule has 3 aromatic rings. The van der Waals surface area contributed by atoms with E-state index < -0.39 is 17.8 Å². The van der Waals surface area contributed by atoms with Crippen molar-refractivity contribution in [2.45, 2.75) is 27.4 Å². The third-order valence-electron chi connectivity index (χ3n) is 6.00. The fourth-order valence-electron chi connectivity index (χ4n) is 3.90. The third-order valence-corrected chi connectivity index (χ3v) is 6.59. The maximum Gasteiger partial charge on any atom is 0.335 e. The summed E-state index contributed by atoms with van der Waals surface area (Å²) in [7, 11) is 0. The standard InChI is InChI=1S/C29H24BrN3O5/c1-4-37-25-14-19(13-24(30)26(25)38-16-21-8-6-5-7-20(21)15-31)12-23-27(34)32-29(36)33(28(23)35)22-10-9-17(2)18(3)11-22/h5-14H,4,16H2,1-3H3,(H,32,34,36)/b23-12+. The van der Waals surface area contributed by atoms with Gasteiger partial charge in [0, 0.05) is 5.56 Å². The first-order chi connectivity index (χ1) is 18.2. The van der Waals surface area contributed by atoms with E-state index >= 15 is 0 Å². The SMILES string of the molecule is CCOc1cc(/C=C2\C(=O)NC(=O)N(c3ccc(C)c(C)c3)C2=O)cc(Br)c1OCc1ccccc1C#N. The molecule has 1 aliphatic rings. The highest BCUT2D eigenvalue weighted by atomic mass is 79.9. The summed E-state index contributed by atoms with van der Waals surface area (Å²) in [6, 6.07) is 17.0. The van der Waals surface area contributed by atoms with Crippen molar-refractivity contribution in [3.8, 4) is 17.6 Å². The largest absolute Gasteiger partial charge is 0.490 e. The molecule has 9 heteroatoms. The second-order valence-electron chi connectivity index (χ2n) is 8.55. The van der Waals surface area contributed by atoms with Crippen molar-refractivity contribution in [3.05, 3.63) is 92.5 Å². The predicted molar refractivity (Wildman–Crippen MR) is 146 cm³/mol. The van der Waals surface area contributed by atoms with E-state index in [4.69, 9.17) is 9.47 Å². The number of carbonyl (C=O) groups is 3. The number of anilines is 1. The van der Waals surface area contributed by atoms with Gasteiger partial charge in [0.2, 0.25) is 0 Å². The van der Waals surface area contributed by atoms with Gasteiger partial charge in [0.1, 0.15) is 12.2 Å². The smallest absolute Gasteiger partial charge is 0.335 e. The molecule has 4 amide bonds. The molecular formula is C29H24BrN3O5. The highest BCUT2D eigenvalue weighted by molar-refractivity contribution is 9.10. The van der Waals surface area contributed by atoms with Gasteiger partial charge in [-0.3, -0.25) is 14.9 Å². The molecule has 0 bridgehead atoms. The number of nitriles is 1. The van der Waals surface area contributed by atoms with E-state index in [0.29, 0.717) is 39.4 Å². The average Bonchev–Trinajstić information content (AvgIpc) is 2.88. The number of barbiturate groups is 1. The number of nitrogens with zero attached hydrogens (tertiary/aromatic N) is 2. The molecule has 3 aromatic carbocycles. The minimum absolute atomic E-state index is 0.136. The molecule has 0 radical (unpaired) electrons. The van der Waals surface area contributed by atoms with Crippen LogP contribution in [-0.4, -0.2) is 24.5 Å². The number of hydrogen-bond acceptors (Lipinski definition) is 6. The van der Waals surface area contributed by atoms with Crippen molar-refractivity contribution in [2.24, 2.45) is 0 Å². The van der Waals surface area contributed by atoms with E-state index in [2.05, 4.69) is 27.3 Å². The number of halogens is 1. The number of urea groups is 1. The molecule has 1 fully saturated rings. The molecule has 1 aliphatic heterocycles. The van der Waals surface area contributed by atoms with E-state index in [1.54, 1.807) is 36.4 Å². The van der Waals surface area contributed by atoms with Gasteiger partial charge < -0.3 is 9.47 Å². The van der Waals surface area contributed by atoms with Gasteiger partial charge in [-0.05, 0) is 89.8 Å². The topological polar surface area (TPSA) is 109 Å². The van der Waals surface area contributed by atoms with Gasteiger partial charge in [-0.25, -0.2) is 9.69 Å². The van der Waals surface area contributed by atoms with Crippen LogP contribution in [0.2, 0.25) is 0 Å². The summed E-state index contributed by atoms with van der Waals surface area (Å²) >= 11 is 3.50. The van der Waals surface area contributed by atoms with Gasteiger partial charge in [0.25, 0.3) is 11.8 Å². The summed E-state index contributed by atoms with van der Waals surface area (Å²) in [5.41, 5.74) is 3.79. The first-order valence-corrected chi connectivity index (χ1v) is 12.6. The lowest BCUT2D eigenvalue weighted by Gasteiger charge is -2.27. The summed E-state index contributed by atoms with van der Waals surface area (Å²) < 4.78 is 12.3. The Balaban J connectivity index is 1.68. The van der Waals surface area contributed by atoms with Gasteiger partial charge >= 0.3 is 6.03 Å². The van der Waals surface area contributed by atoms with Gasteiger partial charge in [-0.2, -0.15) is 5.26 Å². The molecule has 1 saturated heterocycles. The molecule has 38 heavy (non-hydrogen) atoms. The Morgan fingerprint density at radius 2 is 1.79 bits per heavy atom. The predicted octanol–water partition coefficient (Wildman–Crippen LogP) is 5.58. The van der Waals surface area contributed by atoms with Crippen molar-refractivity contribution >= 4 is 45.5 Å². The van der Waals surface area contributed by atoms with Gasteiger partial charge in [0.15, 0.2) is 11.5 Å². The number of nitrogens with one attached hydrogen (secondary N) is 1. The quantitative estimate of drug-likeness (QED) is 0.292. The highest BCUT2D eigenvalue weighted by Gasteiger charge is 2.37. The minimum atomic E-state index is -0.807. The van der Waals surface area contributed by atoms with Crippen LogP contribution in [0.4, 0.5) is 10.5 Å². The zero-order valence-corrected chi connectivity index (χ0v) is 22.6. The van der Waals surface area contributed by atoms with Gasteiger partial charge in [-0.1, -0.05) is 24.3 Å². The summed E-state index contributed by atoms with van der Waals surface area (Å²) in [6.07, 6.45) is 1.40. The summed E-state index contributed by atoms with van der Waals surface area (Å²) in [6.45, 7) is 6.10. The van der Waals surface area contributed by atoms with Crippen molar-refractivity contribution in [1.82, 2.24) is 5.32 Å². The lowest BCUT2D eigenvalue weighted by molar-refractivity contribution is -0.122. The van der Waals surface area contributed by atoms with Crippen LogP contribution in [0.3, 0.4) is 0 Å². The molecule has 0 atom stereocenters. The maximum absolute atomic E-state index is 13.3. The second-order valence-corrected chi connectivity index (χ2v) is 9.40. The molecule has 0 aliphatic carbocycles. The van der Waals surface area contributed by atoms with E-state index in [0.717, 1.165) is 21.6 Å². The molecule has 1 N–H and O–H groups in total. The van der Waals surface area contributed by atoms with E-state index in [1.165, 1.54) is 6.08 Å². The Morgan fingerprint density at radius 3 is 2.50 bits per heavy atom. The van der Waals surface area contributed by atoms with Crippen molar-refractivity contribution < 1.29 is 23.9 Å². The number of carbonyl (C=O) groups excluding carboxylic acids is 3. The fraction of sp³-hybridized carbons (Fsp3) is 0.172. The summed E-state index contributed by atoms with van der Waals surface area (Å²) in [5.74, 6) is -0.728. The minimum Gasteiger partial charge on any atom is -0.490 e. The van der Waals surface area contributed by atoms with Crippen LogP contribution in [0, 0.1) is 25.2 Å². The van der Waals surface area contributed by atoms with Crippen LogP contribution >= 0.6 is 15.9 Å². The van der Waals surface area contributed by atoms with E-state index in [9.17, 15) is 19.6 Å². The van der Waals surface area contributed by atoms with Crippen LogP contribution in [-0.2, 0) is 16.2 Å². The van der Waals surface area contributed by atoms with Gasteiger partial charge in [-0.15, -0.1) is 0 Å². The number of benzene rings is 3. The van der Waals surface area contributed by atoms with Crippen molar-refractivity contribution in [3.63, 3.8) is 0 Å². The Bertz CT molecular complexity index is 1520. The molecule has 1 heterocycles. The zero-order chi connectivity index (χ0) is 27.4. The molecule has 192 valence electrons. The Hall–Kier alpha value is -4.42. The Kier molecular flexibility index (Phi) is 7.93. The van der Waals surface area contributed by atoms with Crippen LogP contribution in [0.15, 0.2) is 64.6 Å². The normalized spacial score (nSPS) is 14.3. The lowest BCUT2D eigenvalue weighted by atomic mass is 10.0. The van der Waals surface area contributed by atoms with Crippen LogP contribution < -0.4 is 19.7 Å². The van der Waals surface area contributed by atoms with Crippen LogP contribution in [0.25, 0.3) is 6.08 Å². The van der Waals surface area contributed by atoms with Crippen LogP contribution in [0.1, 0.15) is 34.7 Å². The lowest BCUT2D eigenvalue weighted by Crippen LogP contribution is -2.54. The first kappa shape index (κ1) is 26.6. The van der Waals surface area contributed by atoms with Crippen molar-refractivity contribution in [2.75, 3.05) is 11.5 Å². The number of ether oxygens (including phenoxy) is 2. The molecule has 0 aromatic heterocycles. The summed E-state index contributed by atoms with van der Waals surface area (Å²) in [5, 5.41) is 11.6. The number of rotatable bonds is 7. The number of imide groups is 2. The van der Waals surface area contributed by atoms with E-state index in [-0.39, 0.29) is 12.2 Å². The van der Waals surface area contributed by atoms with Crippen molar-refractivity contribution in [1.29, 1.82) is 5.26 Å². The summed E-state index contributed by atoms with van der Waals surface area (Å²) in [4.78, 5) is 39.5. The number of hydrogen-bond donors (Lipinski definition) is 1. The maximum atomic E-state index is 13.3. The van der Waals surface area contributed by atoms with Crippen LogP contribution in [0.5, 0.6) is 11.5 Å². The van der Waals surface area contributed by atoms with E-state index in [1.807, 2.05) is 39.0 Å². The molecule has 0 spiro atoms. The number of amides is 4. The molecular weight excluding hydrogens is 550 g/mol. The Morgan fingerprint density at radius 1 is 1.03 bits per heavy atom. The molecule has 8 nitrogen and oxygen atoms in total. The zero-order valence-electron chi connectivity index (χ0n) is 21.0. The third kappa shape index (κ3) is 5.45. The average molecular weight is 574 g/mol. The highest BCUT2D eigenvalue weighted by Crippen LogP contribution is 2.38. The van der Waals surface area contributed by atoms with Gasteiger partial charge in [0.05, 0.1) is 28.4 Å². The second kappa shape index (κ2) is 11.3. The molecule has 0 saturated carbocycles. The molecule has 4 rings (SSSR count). The first-order valence-electron chi connectivity index (χ1n) is 11.8. The molecule has 0 unspecified atom stereocenters. The monoisotopic (exact) mass is 573 g/mol. The fourth-order valence-corrected chi connectivity index (χ4v) is 4.48. The number of aryl methyl sites for hydroxylation is 2. The Labute approximate surface area is 228 Å².